The third-order valence-corrected chi connectivity index (χ3v) is 8.08. The molecule has 3 aromatic carbocycles. The summed E-state index contributed by atoms with van der Waals surface area (Å²) in [7, 11) is 0. The van der Waals surface area contributed by atoms with E-state index in [-0.39, 0.29) is 30.8 Å². The Kier molecular flexibility index (Phi) is 8.90. The van der Waals surface area contributed by atoms with E-state index in [2.05, 4.69) is 10.1 Å². The van der Waals surface area contributed by atoms with Crippen molar-refractivity contribution in [1.82, 2.24) is 15.1 Å². The Balaban J connectivity index is 1.35. The number of imide groups is 1. The number of halogens is 4. The van der Waals surface area contributed by atoms with Gasteiger partial charge in [-0.25, -0.2) is 9.69 Å². The number of likely N-dealkylation sites (tertiary alicyclic amines) is 1. The quantitative estimate of drug-likeness (QED) is 0.322. The standard InChI is InChI=1S/C32H31ClF3N3O5/c1-31(2)29(41)39(30(42)44-31)19-28(40)38-15-14-26(25(18-38)21-6-4-3-5-7-21)37-17-23-16-22(20-8-11-24(33)12-9-20)10-13-27(23)43-32(34,35)36/h3-13,16,25-26,37H,14-15,17-19H2,1-2H3. The molecule has 5 rings (SSSR count). The molecule has 3 amide bonds. The van der Waals surface area contributed by atoms with E-state index in [0.29, 0.717) is 29.1 Å². The molecule has 8 nitrogen and oxygen atoms in total. The van der Waals surface area contributed by atoms with Crippen LogP contribution in [0, 0.1) is 0 Å². The number of piperidine rings is 1. The monoisotopic (exact) mass is 629 g/mol. The predicted octanol–water partition coefficient (Wildman–Crippen LogP) is 6.14. The van der Waals surface area contributed by atoms with E-state index >= 15 is 0 Å². The first-order chi connectivity index (χ1) is 20.8. The summed E-state index contributed by atoms with van der Waals surface area (Å²) < 4.78 is 49.3. The van der Waals surface area contributed by atoms with Gasteiger partial charge in [0.15, 0.2) is 5.60 Å². The molecule has 0 spiro atoms. The van der Waals surface area contributed by atoms with Crippen molar-refractivity contribution in [1.29, 1.82) is 0 Å². The number of nitrogens with zero attached hydrogens (tertiary/aromatic N) is 2. The highest BCUT2D eigenvalue weighted by atomic mass is 35.5. The van der Waals surface area contributed by atoms with Gasteiger partial charge in [0.2, 0.25) is 5.91 Å². The minimum absolute atomic E-state index is 0.0675. The lowest BCUT2D eigenvalue weighted by molar-refractivity contribution is -0.274. The zero-order valence-corrected chi connectivity index (χ0v) is 24.8. The van der Waals surface area contributed by atoms with Crippen LogP contribution < -0.4 is 10.1 Å². The number of amides is 3. The van der Waals surface area contributed by atoms with E-state index in [1.807, 2.05) is 30.3 Å². The fraction of sp³-hybridized carbons (Fsp3) is 0.344. The number of hydrogen-bond donors (Lipinski definition) is 1. The van der Waals surface area contributed by atoms with Gasteiger partial charge in [-0.15, -0.1) is 13.2 Å². The molecule has 2 atom stereocenters. The largest absolute Gasteiger partial charge is 0.573 e. The van der Waals surface area contributed by atoms with Gasteiger partial charge in [0.25, 0.3) is 5.91 Å². The Morgan fingerprint density at radius 1 is 1.05 bits per heavy atom. The second-order valence-corrected chi connectivity index (χ2v) is 11.7. The molecule has 2 saturated heterocycles. The molecule has 0 bridgehead atoms. The highest BCUT2D eigenvalue weighted by Crippen LogP contribution is 2.33. The van der Waals surface area contributed by atoms with Gasteiger partial charge in [-0.1, -0.05) is 60.1 Å². The van der Waals surface area contributed by atoms with E-state index in [1.165, 1.54) is 19.9 Å². The maximum absolute atomic E-state index is 13.3. The third kappa shape index (κ3) is 7.16. The van der Waals surface area contributed by atoms with Crippen molar-refractivity contribution in [2.24, 2.45) is 0 Å². The van der Waals surface area contributed by atoms with E-state index in [4.69, 9.17) is 16.3 Å². The molecule has 0 radical (unpaired) electrons. The number of carbonyl (C=O) groups excluding carboxylic acids is 3. The SMILES string of the molecule is CC1(C)OC(=O)N(CC(=O)N2CCC(NCc3cc(-c4ccc(Cl)cc4)ccc3OC(F)(F)F)C(c3ccccc3)C2)C1=O. The van der Waals surface area contributed by atoms with E-state index in [0.717, 1.165) is 16.0 Å². The van der Waals surface area contributed by atoms with E-state index in [9.17, 15) is 27.6 Å². The number of rotatable bonds is 8. The zero-order valence-electron chi connectivity index (χ0n) is 24.1. The minimum atomic E-state index is -4.87. The molecule has 0 saturated carbocycles. The van der Waals surface area contributed by atoms with Crippen LogP contribution in [0.25, 0.3) is 11.1 Å². The fourth-order valence-electron chi connectivity index (χ4n) is 5.56. The molecule has 2 aliphatic rings. The lowest BCUT2D eigenvalue weighted by Crippen LogP contribution is -2.52. The van der Waals surface area contributed by atoms with Crippen LogP contribution in [-0.4, -0.2) is 65.3 Å². The summed E-state index contributed by atoms with van der Waals surface area (Å²) in [5, 5.41) is 3.95. The second-order valence-electron chi connectivity index (χ2n) is 11.3. The van der Waals surface area contributed by atoms with Gasteiger partial charge >= 0.3 is 12.5 Å². The maximum Gasteiger partial charge on any atom is 0.573 e. The van der Waals surface area contributed by atoms with Crippen LogP contribution in [0.15, 0.2) is 72.8 Å². The van der Waals surface area contributed by atoms with Crippen LogP contribution in [0.2, 0.25) is 5.02 Å². The number of cyclic esters (lactones) is 1. The molecule has 0 aromatic heterocycles. The third-order valence-electron chi connectivity index (χ3n) is 7.83. The summed E-state index contributed by atoms with van der Waals surface area (Å²) >= 11 is 6.01. The number of carbonyl (C=O) groups is 3. The fourth-order valence-corrected chi connectivity index (χ4v) is 5.69. The first-order valence-corrected chi connectivity index (χ1v) is 14.4. The van der Waals surface area contributed by atoms with Gasteiger partial charge in [-0.2, -0.15) is 0 Å². The Bertz CT molecular complexity index is 1530. The topological polar surface area (TPSA) is 88.2 Å². The summed E-state index contributed by atoms with van der Waals surface area (Å²) in [6.45, 7) is 3.16. The lowest BCUT2D eigenvalue weighted by Gasteiger charge is -2.40. The number of hydrogen-bond acceptors (Lipinski definition) is 6. The molecule has 2 aliphatic heterocycles. The Morgan fingerprint density at radius 2 is 1.73 bits per heavy atom. The first kappa shape index (κ1) is 31.3. The van der Waals surface area contributed by atoms with Gasteiger partial charge < -0.3 is 19.7 Å². The normalized spacial score (nSPS) is 20.0. The van der Waals surface area contributed by atoms with Crippen LogP contribution in [-0.2, 0) is 20.9 Å². The van der Waals surface area contributed by atoms with Crippen LogP contribution >= 0.6 is 11.6 Å². The van der Waals surface area contributed by atoms with Crippen molar-refractivity contribution >= 4 is 29.5 Å². The van der Waals surface area contributed by atoms with Gasteiger partial charge in [0, 0.05) is 42.2 Å². The van der Waals surface area contributed by atoms with Crippen LogP contribution in [0.1, 0.15) is 37.3 Å². The molecular weight excluding hydrogens is 599 g/mol. The number of nitrogens with one attached hydrogen (secondary N) is 1. The number of ether oxygens (including phenoxy) is 2. The smallest absolute Gasteiger partial charge is 0.433 e. The molecule has 2 fully saturated rings. The first-order valence-electron chi connectivity index (χ1n) is 14.1. The van der Waals surface area contributed by atoms with Crippen molar-refractivity contribution in [2.45, 2.75) is 50.7 Å². The van der Waals surface area contributed by atoms with Gasteiger partial charge in [0.05, 0.1) is 0 Å². The number of benzene rings is 3. The average Bonchev–Trinajstić information content (AvgIpc) is 3.17. The highest BCUT2D eigenvalue weighted by molar-refractivity contribution is 6.30. The summed E-state index contributed by atoms with van der Waals surface area (Å²) in [6, 6.07) is 20.8. The second kappa shape index (κ2) is 12.5. The molecule has 2 unspecified atom stereocenters. The summed E-state index contributed by atoms with van der Waals surface area (Å²) in [6.07, 6.45) is -5.25. The lowest BCUT2D eigenvalue weighted by atomic mass is 9.85. The van der Waals surface area contributed by atoms with Gasteiger partial charge in [-0.05, 0) is 61.2 Å². The van der Waals surface area contributed by atoms with Gasteiger partial charge in [-0.3, -0.25) is 9.59 Å². The van der Waals surface area contributed by atoms with Crippen molar-refractivity contribution in [2.75, 3.05) is 19.6 Å². The molecule has 0 aliphatic carbocycles. The average molecular weight is 630 g/mol. The summed E-state index contributed by atoms with van der Waals surface area (Å²) in [5.41, 5.74) is 1.40. The van der Waals surface area contributed by atoms with Crippen molar-refractivity contribution < 1.29 is 37.0 Å². The molecule has 3 aromatic rings. The molecule has 232 valence electrons. The minimum Gasteiger partial charge on any atom is -0.433 e. The highest BCUT2D eigenvalue weighted by Gasteiger charge is 2.48. The van der Waals surface area contributed by atoms with Crippen molar-refractivity contribution in [3.63, 3.8) is 0 Å². The van der Waals surface area contributed by atoms with Crippen LogP contribution in [0.3, 0.4) is 0 Å². The zero-order chi connectivity index (χ0) is 31.6. The number of alkyl halides is 3. The molecule has 2 heterocycles. The summed E-state index contributed by atoms with van der Waals surface area (Å²) in [4.78, 5) is 40.5. The molecule has 1 N–H and O–H groups in total. The Morgan fingerprint density at radius 3 is 2.36 bits per heavy atom. The van der Waals surface area contributed by atoms with E-state index in [1.54, 1.807) is 41.3 Å². The van der Waals surface area contributed by atoms with E-state index < -0.39 is 36.4 Å². The molecule has 12 heteroatoms. The predicted molar refractivity (Wildman–Crippen MR) is 157 cm³/mol. The summed E-state index contributed by atoms with van der Waals surface area (Å²) in [5.74, 6) is -1.51. The van der Waals surface area contributed by atoms with Crippen molar-refractivity contribution in [3.05, 3.63) is 88.9 Å². The maximum atomic E-state index is 13.3. The van der Waals surface area contributed by atoms with Crippen LogP contribution in [0.5, 0.6) is 5.75 Å². The molecular formula is C32H31ClF3N3O5. The van der Waals surface area contributed by atoms with Gasteiger partial charge in [0.1, 0.15) is 12.3 Å². The van der Waals surface area contributed by atoms with Crippen molar-refractivity contribution in [3.8, 4) is 16.9 Å². The molecule has 44 heavy (non-hydrogen) atoms. The van der Waals surface area contributed by atoms with Crippen LogP contribution in [0.4, 0.5) is 18.0 Å². The Hall–Kier alpha value is -4.09. The Labute approximate surface area is 257 Å².